The Bertz CT molecular complexity index is 211. The van der Waals surface area contributed by atoms with Gasteiger partial charge in [-0.3, -0.25) is 4.79 Å². The van der Waals surface area contributed by atoms with Crippen molar-refractivity contribution in [2.24, 2.45) is 5.73 Å². The summed E-state index contributed by atoms with van der Waals surface area (Å²) in [7, 11) is 0. The summed E-state index contributed by atoms with van der Waals surface area (Å²) >= 11 is 0. The van der Waals surface area contributed by atoms with Gasteiger partial charge in [-0.2, -0.15) is 0 Å². The number of carbonyl (C=O) groups is 1. The van der Waals surface area contributed by atoms with E-state index in [1.54, 1.807) is 20.8 Å². The largest absolute Gasteiger partial charge is 0.459 e. The highest BCUT2D eigenvalue weighted by Gasteiger charge is 2.27. The van der Waals surface area contributed by atoms with Gasteiger partial charge in [0.05, 0.1) is 6.10 Å². The summed E-state index contributed by atoms with van der Waals surface area (Å²) in [6, 6.07) is -0.934. The predicted octanol–water partition coefficient (Wildman–Crippen LogP) is 1.60. The molecule has 96 valence electrons. The van der Waals surface area contributed by atoms with Crippen molar-refractivity contribution >= 4 is 5.97 Å². The summed E-state index contributed by atoms with van der Waals surface area (Å²) < 4.78 is 5.10. The molecule has 2 atom stereocenters. The summed E-state index contributed by atoms with van der Waals surface area (Å²) in [5.41, 5.74) is 5.07. The highest BCUT2D eigenvalue weighted by molar-refractivity contribution is 5.76. The maximum atomic E-state index is 11.5. The lowest BCUT2D eigenvalue weighted by molar-refractivity contribution is -0.159. The Hall–Kier alpha value is -0.610. The van der Waals surface area contributed by atoms with Gasteiger partial charge in [0.2, 0.25) is 0 Å². The predicted molar refractivity (Wildman–Crippen MR) is 64.0 cm³/mol. The third-order valence-electron chi connectivity index (χ3n) is 2.20. The van der Waals surface area contributed by atoms with Crippen molar-refractivity contribution in [3.63, 3.8) is 0 Å². The van der Waals surface area contributed by atoms with E-state index in [4.69, 9.17) is 10.5 Å². The van der Waals surface area contributed by atoms with Gasteiger partial charge in [-0.25, -0.2) is 0 Å². The van der Waals surface area contributed by atoms with E-state index in [2.05, 4.69) is 6.92 Å². The number of carbonyl (C=O) groups excluding carboxylic acids is 1. The fourth-order valence-electron chi connectivity index (χ4n) is 1.31. The van der Waals surface area contributed by atoms with Gasteiger partial charge in [-0.05, 0) is 27.2 Å². The van der Waals surface area contributed by atoms with E-state index in [0.29, 0.717) is 6.42 Å². The first-order valence-corrected chi connectivity index (χ1v) is 5.94. The number of aliphatic hydroxyl groups excluding tert-OH is 1. The molecule has 0 amide bonds. The molecule has 0 fully saturated rings. The van der Waals surface area contributed by atoms with Crippen molar-refractivity contribution < 1.29 is 14.6 Å². The Morgan fingerprint density at radius 3 is 2.38 bits per heavy atom. The average Bonchev–Trinajstić information content (AvgIpc) is 2.14. The molecule has 0 saturated carbocycles. The molecule has 0 spiro atoms. The molecule has 4 heteroatoms. The Labute approximate surface area is 98.2 Å². The zero-order chi connectivity index (χ0) is 12.8. The van der Waals surface area contributed by atoms with Crippen molar-refractivity contribution in [1.82, 2.24) is 0 Å². The van der Waals surface area contributed by atoms with Gasteiger partial charge < -0.3 is 15.6 Å². The molecule has 0 aromatic rings. The van der Waals surface area contributed by atoms with Crippen LogP contribution in [-0.2, 0) is 9.53 Å². The summed E-state index contributed by atoms with van der Waals surface area (Å²) in [5, 5.41) is 9.69. The Morgan fingerprint density at radius 1 is 1.38 bits per heavy atom. The zero-order valence-electron chi connectivity index (χ0n) is 10.8. The van der Waals surface area contributed by atoms with Gasteiger partial charge in [0, 0.05) is 0 Å². The Morgan fingerprint density at radius 2 is 1.94 bits per heavy atom. The Balaban J connectivity index is 4.01. The number of rotatable bonds is 6. The number of aliphatic hydroxyl groups is 1. The Kier molecular flexibility index (Phi) is 6.60. The fourth-order valence-corrected chi connectivity index (χ4v) is 1.31. The minimum Gasteiger partial charge on any atom is -0.459 e. The molecule has 0 aliphatic heterocycles. The van der Waals surface area contributed by atoms with Crippen LogP contribution in [0.1, 0.15) is 53.4 Å². The second kappa shape index (κ2) is 6.86. The smallest absolute Gasteiger partial charge is 0.326 e. The van der Waals surface area contributed by atoms with Crippen LogP contribution in [0.25, 0.3) is 0 Å². The number of hydrogen-bond donors (Lipinski definition) is 2. The SMILES string of the molecule is CCCCC[C@@H](O)[C@H](N)C(=O)OC(C)(C)C. The zero-order valence-corrected chi connectivity index (χ0v) is 10.8. The minimum absolute atomic E-state index is 0.531. The van der Waals surface area contributed by atoms with Crippen LogP contribution >= 0.6 is 0 Å². The van der Waals surface area contributed by atoms with Crippen molar-refractivity contribution in [1.29, 1.82) is 0 Å². The van der Waals surface area contributed by atoms with Gasteiger partial charge in [-0.1, -0.05) is 26.2 Å². The van der Waals surface area contributed by atoms with Crippen LogP contribution in [0.3, 0.4) is 0 Å². The molecule has 0 bridgehead atoms. The molecule has 0 aliphatic carbocycles. The molecule has 0 aromatic carbocycles. The van der Waals surface area contributed by atoms with Gasteiger partial charge >= 0.3 is 5.97 Å². The molecule has 0 unspecified atom stereocenters. The number of hydrogen-bond acceptors (Lipinski definition) is 4. The van der Waals surface area contributed by atoms with Crippen LogP contribution in [0.2, 0.25) is 0 Å². The number of unbranched alkanes of at least 4 members (excludes halogenated alkanes) is 2. The van der Waals surface area contributed by atoms with Gasteiger partial charge in [0.15, 0.2) is 0 Å². The van der Waals surface area contributed by atoms with Crippen LogP contribution in [0, 0.1) is 0 Å². The quantitative estimate of drug-likeness (QED) is 0.538. The van der Waals surface area contributed by atoms with Crippen molar-refractivity contribution in [3.05, 3.63) is 0 Å². The second-order valence-electron chi connectivity index (χ2n) is 5.12. The molecule has 0 saturated heterocycles. The van der Waals surface area contributed by atoms with Crippen molar-refractivity contribution in [3.8, 4) is 0 Å². The maximum absolute atomic E-state index is 11.5. The van der Waals surface area contributed by atoms with E-state index >= 15 is 0 Å². The van der Waals surface area contributed by atoms with E-state index < -0.39 is 23.7 Å². The first-order chi connectivity index (χ1) is 7.28. The van der Waals surface area contributed by atoms with E-state index in [-0.39, 0.29) is 0 Å². The molecular weight excluding hydrogens is 206 g/mol. The highest BCUT2D eigenvalue weighted by Crippen LogP contribution is 2.11. The first kappa shape index (κ1) is 15.4. The van der Waals surface area contributed by atoms with Crippen LogP contribution in [-0.4, -0.2) is 28.8 Å². The monoisotopic (exact) mass is 231 g/mol. The summed E-state index contributed by atoms with van der Waals surface area (Å²) in [6.45, 7) is 7.42. The molecular formula is C12H25NO3. The molecule has 0 aromatic heterocycles. The highest BCUT2D eigenvalue weighted by atomic mass is 16.6. The minimum atomic E-state index is -0.934. The first-order valence-electron chi connectivity index (χ1n) is 5.94. The van der Waals surface area contributed by atoms with Crippen LogP contribution in [0.4, 0.5) is 0 Å². The lowest BCUT2D eigenvalue weighted by atomic mass is 10.0. The third kappa shape index (κ3) is 6.80. The van der Waals surface area contributed by atoms with Crippen molar-refractivity contribution in [2.75, 3.05) is 0 Å². The van der Waals surface area contributed by atoms with Gasteiger partial charge in [0.1, 0.15) is 11.6 Å². The summed E-state index contributed by atoms with van der Waals surface area (Å²) in [5.74, 6) is -0.531. The number of ether oxygens (including phenoxy) is 1. The third-order valence-corrected chi connectivity index (χ3v) is 2.20. The summed E-state index contributed by atoms with van der Waals surface area (Å²) in [4.78, 5) is 11.5. The van der Waals surface area contributed by atoms with Crippen LogP contribution < -0.4 is 5.73 Å². The fraction of sp³-hybridized carbons (Fsp3) is 0.917. The topological polar surface area (TPSA) is 72.5 Å². The standard InChI is InChI=1S/C12H25NO3/c1-5-6-7-8-9(14)10(13)11(15)16-12(2,3)4/h9-10,14H,5-8,13H2,1-4H3/t9-,10+/m1/s1. The van der Waals surface area contributed by atoms with E-state index in [1.807, 2.05) is 0 Å². The van der Waals surface area contributed by atoms with Crippen LogP contribution in [0.5, 0.6) is 0 Å². The van der Waals surface area contributed by atoms with Gasteiger partial charge in [0.25, 0.3) is 0 Å². The lowest BCUT2D eigenvalue weighted by Crippen LogP contribution is -2.45. The maximum Gasteiger partial charge on any atom is 0.326 e. The van der Waals surface area contributed by atoms with Crippen LogP contribution in [0.15, 0.2) is 0 Å². The molecule has 0 aliphatic rings. The molecule has 0 rings (SSSR count). The lowest BCUT2D eigenvalue weighted by Gasteiger charge is -2.24. The summed E-state index contributed by atoms with van der Waals surface area (Å²) in [6.07, 6.45) is 2.75. The van der Waals surface area contributed by atoms with Crippen molar-refractivity contribution in [2.45, 2.75) is 71.1 Å². The number of nitrogens with two attached hydrogens (primary N) is 1. The molecule has 0 radical (unpaired) electrons. The normalized spacial score (nSPS) is 15.6. The molecule has 4 nitrogen and oxygen atoms in total. The van der Waals surface area contributed by atoms with E-state index in [0.717, 1.165) is 19.3 Å². The van der Waals surface area contributed by atoms with E-state index in [9.17, 15) is 9.90 Å². The number of esters is 1. The molecule has 16 heavy (non-hydrogen) atoms. The average molecular weight is 231 g/mol. The van der Waals surface area contributed by atoms with Gasteiger partial charge in [-0.15, -0.1) is 0 Å². The molecule has 3 N–H and O–H groups in total. The second-order valence-corrected chi connectivity index (χ2v) is 5.12. The van der Waals surface area contributed by atoms with E-state index in [1.165, 1.54) is 0 Å². The molecule has 0 heterocycles.